The number of nitrogens with one attached hydrogen (secondary N) is 1. The zero-order valence-corrected chi connectivity index (χ0v) is 10.3. The Hall–Kier alpha value is -2.27. The summed E-state index contributed by atoms with van der Waals surface area (Å²) in [7, 11) is 0. The van der Waals surface area contributed by atoms with E-state index in [-0.39, 0.29) is 0 Å². The number of nitrogens with zero attached hydrogens (tertiary/aromatic N) is 1. The van der Waals surface area contributed by atoms with Crippen molar-refractivity contribution in [3.8, 4) is 17.2 Å². The largest absolute Gasteiger partial charge is 0.385 e. The molecule has 2 aromatic carbocycles. The Balaban J connectivity index is 2.04. The first kappa shape index (κ1) is 12.2. The Morgan fingerprint density at radius 2 is 1.72 bits per heavy atom. The summed E-state index contributed by atoms with van der Waals surface area (Å²) in [5.74, 6) is 0. The summed E-state index contributed by atoms with van der Waals surface area (Å²) in [6.45, 7) is 0.839. The molecule has 0 amide bonds. The summed E-state index contributed by atoms with van der Waals surface area (Å²) in [5, 5.41) is 11.8. The van der Waals surface area contributed by atoms with E-state index in [1.54, 1.807) is 0 Å². The van der Waals surface area contributed by atoms with Crippen LogP contribution in [0.3, 0.4) is 0 Å². The fraction of sp³-hybridized carbons (Fsp3) is 0.188. The summed E-state index contributed by atoms with van der Waals surface area (Å²) in [6.07, 6.45) is 1.48. The molecule has 0 bridgehead atoms. The molecule has 0 atom stereocenters. The quantitative estimate of drug-likeness (QED) is 0.794. The summed E-state index contributed by atoms with van der Waals surface area (Å²) >= 11 is 0. The third kappa shape index (κ3) is 3.36. The van der Waals surface area contributed by atoms with E-state index in [0.717, 1.165) is 18.7 Å². The van der Waals surface area contributed by atoms with E-state index >= 15 is 0 Å². The molecule has 1 N–H and O–H groups in total. The Morgan fingerprint density at radius 3 is 2.50 bits per heavy atom. The van der Waals surface area contributed by atoms with E-state index in [0.29, 0.717) is 6.42 Å². The van der Waals surface area contributed by atoms with Crippen LogP contribution in [0.1, 0.15) is 12.8 Å². The highest BCUT2D eigenvalue weighted by atomic mass is 14.9. The van der Waals surface area contributed by atoms with Gasteiger partial charge in [-0.15, -0.1) is 0 Å². The molecule has 0 aliphatic rings. The van der Waals surface area contributed by atoms with Gasteiger partial charge in [0.15, 0.2) is 0 Å². The van der Waals surface area contributed by atoms with Gasteiger partial charge < -0.3 is 5.32 Å². The first-order valence-electron chi connectivity index (χ1n) is 6.16. The standard InChI is InChI=1S/C16H16N2/c17-11-4-5-12-18-16-10-6-9-15(13-16)14-7-2-1-3-8-14/h1-3,6-10,13,18H,4-5,12H2. The minimum atomic E-state index is 0.603. The van der Waals surface area contributed by atoms with Gasteiger partial charge in [-0.05, 0) is 29.7 Å². The van der Waals surface area contributed by atoms with Crippen molar-refractivity contribution in [1.82, 2.24) is 0 Å². The number of hydrogen-bond acceptors (Lipinski definition) is 2. The third-order valence-corrected chi connectivity index (χ3v) is 2.76. The fourth-order valence-electron chi connectivity index (χ4n) is 1.84. The van der Waals surface area contributed by atoms with Crippen LogP contribution < -0.4 is 5.32 Å². The molecule has 0 aliphatic heterocycles. The van der Waals surface area contributed by atoms with E-state index in [1.807, 2.05) is 18.2 Å². The lowest BCUT2D eigenvalue weighted by Gasteiger charge is -2.07. The monoisotopic (exact) mass is 236 g/mol. The molecule has 2 nitrogen and oxygen atoms in total. The predicted octanol–water partition coefficient (Wildman–Crippen LogP) is 4.07. The predicted molar refractivity (Wildman–Crippen MR) is 75.2 cm³/mol. The second kappa shape index (κ2) is 6.46. The molecule has 0 aromatic heterocycles. The van der Waals surface area contributed by atoms with Gasteiger partial charge >= 0.3 is 0 Å². The van der Waals surface area contributed by atoms with Crippen molar-refractivity contribution in [3.05, 3.63) is 54.6 Å². The van der Waals surface area contributed by atoms with Crippen molar-refractivity contribution in [2.45, 2.75) is 12.8 Å². The lowest BCUT2D eigenvalue weighted by Crippen LogP contribution is -2.00. The maximum atomic E-state index is 8.48. The van der Waals surface area contributed by atoms with Crippen molar-refractivity contribution in [1.29, 1.82) is 5.26 Å². The SMILES string of the molecule is N#CCCCNc1cccc(-c2ccccc2)c1. The lowest BCUT2D eigenvalue weighted by molar-refractivity contribution is 0.898. The van der Waals surface area contributed by atoms with E-state index in [9.17, 15) is 0 Å². The minimum Gasteiger partial charge on any atom is -0.385 e. The Bertz CT molecular complexity index is 526. The van der Waals surface area contributed by atoms with Crippen LogP contribution in [0, 0.1) is 11.3 Å². The smallest absolute Gasteiger partial charge is 0.0622 e. The van der Waals surface area contributed by atoms with Crippen LogP contribution >= 0.6 is 0 Å². The Kier molecular flexibility index (Phi) is 4.38. The molecule has 0 saturated carbocycles. The highest BCUT2D eigenvalue weighted by Gasteiger charge is 1.98. The Morgan fingerprint density at radius 1 is 0.944 bits per heavy atom. The average molecular weight is 236 g/mol. The second-order valence-corrected chi connectivity index (χ2v) is 4.14. The average Bonchev–Trinajstić information content (AvgIpc) is 2.45. The van der Waals surface area contributed by atoms with Crippen LogP contribution in [0.5, 0.6) is 0 Å². The number of nitriles is 1. The summed E-state index contributed by atoms with van der Waals surface area (Å²) in [6, 6.07) is 20.8. The molecule has 2 rings (SSSR count). The molecule has 0 spiro atoms. The van der Waals surface area contributed by atoms with Gasteiger partial charge in [0.25, 0.3) is 0 Å². The Labute approximate surface area is 108 Å². The van der Waals surface area contributed by atoms with Gasteiger partial charge in [-0.1, -0.05) is 42.5 Å². The highest BCUT2D eigenvalue weighted by molar-refractivity contribution is 5.67. The molecule has 2 aromatic rings. The van der Waals surface area contributed by atoms with Crippen LogP contribution in [0.4, 0.5) is 5.69 Å². The fourth-order valence-corrected chi connectivity index (χ4v) is 1.84. The van der Waals surface area contributed by atoms with Crippen LogP contribution in [0.15, 0.2) is 54.6 Å². The molecule has 0 heterocycles. The highest BCUT2D eigenvalue weighted by Crippen LogP contribution is 2.22. The molecule has 2 heteroatoms. The molecule has 0 aliphatic carbocycles. The van der Waals surface area contributed by atoms with Gasteiger partial charge in [0, 0.05) is 18.7 Å². The van der Waals surface area contributed by atoms with Crippen LogP contribution in [0.2, 0.25) is 0 Å². The second-order valence-electron chi connectivity index (χ2n) is 4.14. The van der Waals surface area contributed by atoms with Crippen molar-refractivity contribution in [3.63, 3.8) is 0 Å². The molecule has 90 valence electrons. The molecule has 0 saturated heterocycles. The van der Waals surface area contributed by atoms with Crippen molar-refractivity contribution in [2.24, 2.45) is 0 Å². The van der Waals surface area contributed by atoms with E-state index in [4.69, 9.17) is 5.26 Å². The van der Waals surface area contributed by atoms with Crippen molar-refractivity contribution in [2.75, 3.05) is 11.9 Å². The van der Waals surface area contributed by atoms with Crippen LogP contribution in [-0.2, 0) is 0 Å². The molecular formula is C16H16N2. The molecule has 0 unspecified atom stereocenters. The molecule has 0 fully saturated rings. The summed E-state index contributed by atoms with van der Waals surface area (Å²) in [5.41, 5.74) is 3.54. The topological polar surface area (TPSA) is 35.8 Å². The van der Waals surface area contributed by atoms with Gasteiger partial charge in [0.05, 0.1) is 6.07 Å². The minimum absolute atomic E-state index is 0.603. The van der Waals surface area contributed by atoms with Crippen molar-refractivity contribution >= 4 is 5.69 Å². The van der Waals surface area contributed by atoms with Crippen molar-refractivity contribution < 1.29 is 0 Å². The van der Waals surface area contributed by atoms with Crippen LogP contribution in [0.25, 0.3) is 11.1 Å². The molecular weight excluding hydrogens is 220 g/mol. The zero-order valence-electron chi connectivity index (χ0n) is 10.3. The number of benzene rings is 2. The maximum absolute atomic E-state index is 8.48. The lowest BCUT2D eigenvalue weighted by atomic mass is 10.1. The van der Waals surface area contributed by atoms with Gasteiger partial charge in [-0.3, -0.25) is 0 Å². The first-order valence-corrected chi connectivity index (χ1v) is 6.16. The van der Waals surface area contributed by atoms with E-state index in [2.05, 4.69) is 47.8 Å². The van der Waals surface area contributed by atoms with E-state index < -0.39 is 0 Å². The number of anilines is 1. The van der Waals surface area contributed by atoms with Gasteiger partial charge in [-0.25, -0.2) is 0 Å². The van der Waals surface area contributed by atoms with Gasteiger partial charge in [0.1, 0.15) is 0 Å². The number of rotatable bonds is 5. The number of hydrogen-bond donors (Lipinski definition) is 1. The molecule has 18 heavy (non-hydrogen) atoms. The normalized spacial score (nSPS) is 9.72. The van der Waals surface area contributed by atoms with Gasteiger partial charge in [-0.2, -0.15) is 5.26 Å². The zero-order chi connectivity index (χ0) is 12.6. The summed E-state index contributed by atoms with van der Waals surface area (Å²) in [4.78, 5) is 0. The van der Waals surface area contributed by atoms with Gasteiger partial charge in [0.2, 0.25) is 0 Å². The third-order valence-electron chi connectivity index (χ3n) is 2.76. The maximum Gasteiger partial charge on any atom is 0.0622 e. The summed E-state index contributed by atoms with van der Waals surface area (Å²) < 4.78 is 0. The van der Waals surface area contributed by atoms with E-state index in [1.165, 1.54) is 11.1 Å². The van der Waals surface area contributed by atoms with Crippen LogP contribution in [-0.4, -0.2) is 6.54 Å². The number of unbranched alkanes of at least 4 members (excludes halogenated alkanes) is 1. The molecule has 0 radical (unpaired) electrons. The first-order chi connectivity index (χ1) is 8.90.